The summed E-state index contributed by atoms with van der Waals surface area (Å²) in [6, 6.07) is 6.29. The van der Waals surface area contributed by atoms with Crippen LogP contribution in [0, 0.1) is 0 Å². The molecule has 0 aliphatic rings. The number of benzene rings is 1. The van der Waals surface area contributed by atoms with E-state index in [1.807, 2.05) is 0 Å². The third-order valence-corrected chi connectivity index (χ3v) is 2.57. The van der Waals surface area contributed by atoms with E-state index in [2.05, 4.69) is 6.58 Å². The molecule has 1 N–H and O–H groups in total. The molecule has 0 atom stereocenters. The van der Waals surface area contributed by atoms with E-state index in [-0.39, 0.29) is 42.6 Å². The Kier molecular flexibility index (Phi) is 5.93. The van der Waals surface area contributed by atoms with Gasteiger partial charge in [-0.05, 0) is 18.1 Å². The van der Waals surface area contributed by atoms with E-state index in [4.69, 9.17) is 4.55 Å². The van der Waals surface area contributed by atoms with Gasteiger partial charge in [0.1, 0.15) is 0 Å². The second-order valence-electron chi connectivity index (χ2n) is 2.58. The third-order valence-electron chi connectivity index (χ3n) is 1.61. The van der Waals surface area contributed by atoms with E-state index in [0.29, 0.717) is 12.0 Å². The Morgan fingerprint density at radius 3 is 2.43 bits per heavy atom. The van der Waals surface area contributed by atoms with Crippen LogP contribution >= 0.6 is 0 Å². The summed E-state index contributed by atoms with van der Waals surface area (Å²) in [7, 11) is -4.10. The fraction of sp³-hybridized carbons (Fsp3) is 0.111. The van der Waals surface area contributed by atoms with E-state index in [1.54, 1.807) is 24.3 Å². The summed E-state index contributed by atoms with van der Waals surface area (Å²) >= 11 is 0. The quantitative estimate of drug-likeness (QED) is 0.482. The third kappa shape index (κ3) is 3.71. The molecule has 0 aromatic heterocycles. The van der Waals surface area contributed by atoms with Crippen LogP contribution in [0.5, 0.6) is 0 Å². The Morgan fingerprint density at radius 1 is 1.36 bits per heavy atom. The van der Waals surface area contributed by atoms with Crippen LogP contribution in [0.15, 0.2) is 41.8 Å². The zero-order chi connectivity index (χ0) is 9.90. The van der Waals surface area contributed by atoms with E-state index < -0.39 is 10.1 Å². The van der Waals surface area contributed by atoms with Gasteiger partial charge in [0.05, 0.1) is 4.90 Å². The van der Waals surface area contributed by atoms with Crippen molar-refractivity contribution in [3.05, 3.63) is 42.5 Å². The van der Waals surface area contributed by atoms with Crippen LogP contribution in [0.3, 0.4) is 0 Å². The predicted octanol–water partition coefficient (Wildman–Crippen LogP) is 0.746. The van der Waals surface area contributed by atoms with Crippen LogP contribution in [0.2, 0.25) is 0 Å². The molecule has 0 unspecified atom stereocenters. The summed E-state index contributed by atoms with van der Waals surface area (Å²) in [5, 5.41) is 0. The first kappa shape index (κ1) is 14.1. The van der Waals surface area contributed by atoms with Gasteiger partial charge in [0.25, 0.3) is 10.1 Å². The van der Waals surface area contributed by atoms with Gasteiger partial charge in [-0.2, -0.15) is 8.42 Å². The first-order chi connectivity index (χ1) is 6.05. The molecule has 1 aromatic rings. The standard InChI is InChI=1S/C9H10O3S.Ca.2H/c1-2-5-8-6-3-4-7-9(8)13(10,11)12;;;/h2-4,6-7H,1,5H2,(H,10,11,12);;;. The first-order valence-corrected chi connectivity index (χ1v) is 5.16. The summed E-state index contributed by atoms with van der Waals surface area (Å²) in [4.78, 5) is -0.0464. The Hall–Kier alpha value is 0.130. The minimum atomic E-state index is -4.10. The SMILES string of the molecule is C=CCc1ccccc1S(=O)(=O)O.[CaH2]. The molecule has 0 radical (unpaired) electrons. The molecule has 0 fully saturated rings. The van der Waals surface area contributed by atoms with Gasteiger partial charge < -0.3 is 0 Å². The molecule has 0 aliphatic carbocycles. The van der Waals surface area contributed by atoms with Gasteiger partial charge in [0, 0.05) is 0 Å². The van der Waals surface area contributed by atoms with Crippen molar-refractivity contribution in [3.8, 4) is 0 Å². The second-order valence-corrected chi connectivity index (χ2v) is 3.97. The molecule has 0 heterocycles. The van der Waals surface area contributed by atoms with Crippen LogP contribution in [-0.2, 0) is 16.5 Å². The zero-order valence-electron chi connectivity index (χ0n) is 6.97. The van der Waals surface area contributed by atoms with E-state index in [0.717, 1.165) is 0 Å². The molecular weight excluding hydrogens is 228 g/mol. The molecule has 0 saturated heterocycles. The van der Waals surface area contributed by atoms with Gasteiger partial charge >= 0.3 is 37.7 Å². The van der Waals surface area contributed by atoms with Gasteiger partial charge in [0.15, 0.2) is 0 Å². The Balaban J connectivity index is 0.00000169. The van der Waals surface area contributed by atoms with Crippen molar-refractivity contribution in [2.24, 2.45) is 0 Å². The zero-order valence-corrected chi connectivity index (χ0v) is 7.79. The normalized spacial score (nSPS) is 10.4. The van der Waals surface area contributed by atoms with Gasteiger partial charge in [0.2, 0.25) is 0 Å². The Labute approximate surface area is 114 Å². The number of allylic oxidation sites excluding steroid dienone is 1. The Bertz CT molecular complexity index is 412. The van der Waals surface area contributed by atoms with Crippen molar-refractivity contribution in [2.75, 3.05) is 0 Å². The molecule has 0 spiro atoms. The summed E-state index contributed by atoms with van der Waals surface area (Å²) in [6.07, 6.45) is 2.01. The molecule has 5 heteroatoms. The maximum atomic E-state index is 10.8. The molecule has 0 saturated carbocycles. The Morgan fingerprint density at radius 2 is 1.93 bits per heavy atom. The van der Waals surface area contributed by atoms with Gasteiger partial charge in [-0.15, -0.1) is 6.58 Å². The molecule has 3 nitrogen and oxygen atoms in total. The molecule has 0 aliphatic heterocycles. The van der Waals surface area contributed by atoms with Crippen LogP contribution in [0.4, 0.5) is 0 Å². The van der Waals surface area contributed by atoms with Crippen molar-refractivity contribution < 1.29 is 13.0 Å². The minimum absolute atomic E-state index is 0. The van der Waals surface area contributed by atoms with Crippen molar-refractivity contribution in [3.63, 3.8) is 0 Å². The maximum absolute atomic E-state index is 10.8. The molecule has 0 bridgehead atoms. The van der Waals surface area contributed by atoms with Crippen LogP contribution in [0.1, 0.15) is 5.56 Å². The molecular formula is C9H12CaO3S. The monoisotopic (exact) mass is 240 g/mol. The molecule has 0 amide bonds. The molecule has 1 rings (SSSR count). The van der Waals surface area contributed by atoms with Crippen LogP contribution < -0.4 is 0 Å². The number of hydrogen-bond acceptors (Lipinski definition) is 2. The average molecular weight is 240 g/mol. The number of hydrogen-bond donors (Lipinski definition) is 1. The van der Waals surface area contributed by atoms with Crippen molar-refractivity contribution in [1.29, 1.82) is 0 Å². The average Bonchev–Trinajstić information content (AvgIpc) is 2.04. The van der Waals surface area contributed by atoms with Crippen molar-refractivity contribution in [2.45, 2.75) is 11.3 Å². The van der Waals surface area contributed by atoms with E-state index >= 15 is 0 Å². The summed E-state index contributed by atoms with van der Waals surface area (Å²) in [6.45, 7) is 3.50. The topological polar surface area (TPSA) is 54.4 Å². The van der Waals surface area contributed by atoms with Gasteiger partial charge in [-0.1, -0.05) is 24.3 Å². The van der Waals surface area contributed by atoms with E-state index in [1.165, 1.54) is 6.07 Å². The van der Waals surface area contributed by atoms with Crippen molar-refractivity contribution >= 4 is 47.9 Å². The summed E-state index contributed by atoms with van der Waals surface area (Å²) < 4.78 is 30.5. The van der Waals surface area contributed by atoms with Gasteiger partial charge in [-0.25, -0.2) is 0 Å². The fourth-order valence-electron chi connectivity index (χ4n) is 1.08. The fourth-order valence-corrected chi connectivity index (χ4v) is 1.81. The van der Waals surface area contributed by atoms with Crippen molar-refractivity contribution in [1.82, 2.24) is 0 Å². The van der Waals surface area contributed by atoms with Gasteiger partial charge in [-0.3, -0.25) is 4.55 Å². The first-order valence-electron chi connectivity index (χ1n) is 3.72. The molecule has 1 aromatic carbocycles. The molecule has 74 valence electrons. The second kappa shape index (κ2) is 5.88. The van der Waals surface area contributed by atoms with Crippen LogP contribution in [-0.4, -0.2) is 50.7 Å². The summed E-state index contributed by atoms with van der Waals surface area (Å²) in [5.41, 5.74) is 0.556. The number of rotatable bonds is 3. The predicted molar refractivity (Wildman–Crippen MR) is 58.7 cm³/mol. The summed E-state index contributed by atoms with van der Waals surface area (Å²) in [5.74, 6) is 0. The van der Waals surface area contributed by atoms with E-state index in [9.17, 15) is 8.42 Å². The molecule has 14 heavy (non-hydrogen) atoms. The van der Waals surface area contributed by atoms with Crippen LogP contribution in [0.25, 0.3) is 0 Å².